The van der Waals surface area contributed by atoms with Crippen LogP contribution in [0.5, 0.6) is 5.75 Å². The summed E-state index contributed by atoms with van der Waals surface area (Å²) >= 11 is 0. The summed E-state index contributed by atoms with van der Waals surface area (Å²) in [6.45, 7) is 2.61. The Hall–Kier alpha value is -2.14. The van der Waals surface area contributed by atoms with Gasteiger partial charge in [-0.25, -0.2) is 0 Å². The number of benzene rings is 1. The Kier molecular flexibility index (Phi) is 4.53. The predicted molar refractivity (Wildman–Crippen MR) is 78.5 cm³/mol. The number of amides is 1. The van der Waals surface area contributed by atoms with Crippen molar-refractivity contribution in [2.24, 2.45) is 5.73 Å². The Labute approximate surface area is 118 Å². The number of hydrogen-bond acceptors (Lipinski definition) is 4. The summed E-state index contributed by atoms with van der Waals surface area (Å²) in [5.74, 6) is 0.684. The van der Waals surface area contributed by atoms with Gasteiger partial charge in [-0.15, -0.1) is 0 Å². The fourth-order valence-electron chi connectivity index (χ4n) is 1.90. The number of nitrogens with two attached hydrogens (primary N) is 1. The molecule has 0 aliphatic carbocycles. The molecule has 0 bridgehead atoms. The molecule has 106 valence electrons. The Morgan fingerprint density at radius 3 is 3.00 bits per heavy atom. The first-order valence-electron chi connectivity index (χ1n) is 6.56. The molecule has 1 unspecified atom stereocenters. The van der Waals surface area contributed by atoms with E-state index in [0.717, 1.165) is 16.7 Å². The van der Waals surface area contributed by atoms with Crippen LogP contribution in [0, 0.1) is 0 Å². The van der Waals surface area contributed by atoms with Gasteiger partial charge in [0.05, 0.1) is 18.1 Å². The molecule has 0 saturated carbocycles. The van der Waals surface area contributed by atoms with E-state index < -0.39 is 6.04 Å². The molecule has 1 aromatic carbocycles. The van der Waals surface area contributed by atoms with E-state index in [9.17, 15) is 4.79 Å². The zero-order valence-electron chi connectivity index (χ0n) is 11.7. The topological polar surface area (TPSA) is 68.5 Å². The van der Waals surface area contributed by atoms with E-state index in [1.54, 1.807) is 25.1 Å². The smallest absolute Gasteiger partial charge is 0.239 e. The minimum absolute atomic E-state index is 0.0867. The van der Waals surface area contributed by atoms with Crippen molar-refractivity contribution in [3.63, 3.8) is 0 Å². The van der Waals surface area contributed by atoms with Gasteiger partial charge in [-0.1, -0.05) is 6.07 Å². The number of ether oxygens (including phenoxy) is 1. The Bertz CT molecular complexity index is 598. The van der Waals surface area contributed by atoms with Crippen LogP contribution in [0.2, 0.25) is 0 Å². The number of aromatic nitrogens is 1. The van der Waals surface area contributed by atoms with Gasteiger partial charge in [-0.3, -0.25) is 9.78 Å². The lowest BCUT2D eigenvalue weighted by atomic mass is 10.2. The number of rotatable bonds is 5. The molecular formula is C15H19N3O2. The van der Waals surface area contributed by atoms with Crippen LogP contribution in [0.4, 0.5) is 0 Å². The second-order valence-electron chi connectivity index (χ2n) is 4.75. The fraction of sp³-hybridized carbons (Fsp3) is 0.333. The van der Waals surface area contributed by atoms with Gasteiger partial charge in [0, 0.05) is 18.6 Å². The number of carbonyl (C=O) groups excluding carboxylic acids is 1. The van der Waals surface area contributed by atoms with Gasteiger partial charge in [0.2, 0.25) is 5.91 Å². The second-order valence-corrected chi connectivity index (χ2v) is 4.75. The van der Waals surface area contributed by atoms with Crippen molar-refractivity contribution in [3.8, 4) is 5.75 Å². The van der Waals surface area contributed by atoms with Crippen LogP contribution in [-0.4, -0.2) is 42.0 Å². The van der Waals surface area contributed by atoms with Crippen LogP contribution in [0.1, 0.15) is 6.92 Å². The SMILES string of the molecule is CC(N)C(=O)N(C)CCOc1ccc2ncccc2c1. The first-order chi connectivity index (χ1) is 9.58. The number of pyridine rings is 1. The van der Waals surface area contributed by atoms with Crippen molar-refractivity contribution >= 4 is 16.8 Å². The van der Waals surface area contributed by atoms with Crippen molar-refractivity contribution in [2.45, 2.75) is 13.0 Å². The molecule has 1 amide bonds. The predicted octanol–water partition coefficient (Wildman–Crippen LogP) is 1.42. The number of nitrogens with zero attached hydrogens (tertiary/aromatic N) is 2. The largest absolute Gasteiger partial charge is 0.492 e. The quantitative estimate of drug-likeness (QED) is 0.894. The lowest BCUT2D eigenvalue weighted by Gasteiger charge is -2.19. The third-order valence-corrected chi connectivity index (χ3v) is 3.04. The maximum atomic E-state index is 11.6. The van der Waals surface area contributed by atoms with Crippen LogP contribution < -0.4 is 10.5 Å². The minimum atomic E-state index is -0.480. The highest BCUT2D eigenvalue weighted by Gasteiger charge is 2.12. The molecule has 1 heterocycles. The van der Waals surface area contributed by atoms with E-state index in [-0.39, 0.29) is 5.91 Å². The molecule has 2 aromatic rings. The summed E-state index contributed by atoms with van der Waals surface area (Å²) in [6, 6.07) is 9.13. The van der Waals surface area contributed by atoms with Crippen LogP contribution in [0.3, 0.4) is 0 Å². The maximum absolute atomic E-state index is 11.6. The molecular weight excluding hydrogens is 254 g/mol. The number of hydrogen-bond donors (Lipinski definition) is 1. The number of carbonyl (C=O) groups is 1. The van der Waals surface area contributed by atoms with Crippen LogP contribution in [0.15, 0.2) is 36.5 Å². The van der Waals surface area contributed by atoms with Gasteiger partial charge in [0.25, 0.3) is 0 Å². The van der Waals surface area contributed by atoms with Crippen molar-refractivity contribution in [3.05, 3.63) is 36.5 Å². The van der Waals surface area contributed by atoms with E-state index in [0.29, 0.717) is 13.2 Å². The molecule has 0 aliphatic heterocycles. The maximum Gasteiger partial charge on any atom is 0.239 e. The highest BCUT2D eigenvalue weighted by molar-refractivity contribution is 5.81. The molecule has 0 spiro atoms. The van der Waals surface area contributed by atoms with Gasteiger partial charge in [0.1, 0.15) is 12.4 Å². The van der Waals surface area contributed by atoms with E-state index in [1.165, 1.54) is 0 Å². The van der Waals surface area contributed by atoms with Gasteiger partial charge in [0.15, 0.2) is 0 Å². The van der Waals surface area contributed by atoms with E-state index >= 15 is 0 Å². The third-order valence-electron chi connectivity index (χ3n) is 3.04. The van der Waals surface area contributed by atoms with E-state index in [2.05, 4.69) is 4.98 Å². The van der Waals surface area contributed by atoms with Crippen molar-refractivity contribution in [2.75, 3.05) is 20.2 Å². The van der Waals surface area contributed by atoms with Crippen molar-refractivity contribution < 1.29 is 9.53 Å². The molecule has 0 saturated heterocycles. The highest BCUT2D eigenvalue weighted by Crippen LogP contribution is 2.18. The molecule has 0 fully saturated rings. The summed E-state index contributed by atoms with van der Waals surface area (Å²) in [4.78, 5) is 17.4. The lowest BCUT2D eigenvalue weighted by molar-refractivity contribution is -0.131. The van der Waals surface area contributed by atoms with E-state index in [1.807, 2.05) is 30.3 Å². The molecule has 2 N–H and O–H groups in total. The molecule has 1 aromatic heterocycles. The molecule has 0 radical (unpaired) electrons. The monoisotopic (exact) mass is 273 g/mol. The normalized spacial score (nSPS) is 12.2. The standard InChI is InChI=1S/C15H19N3O2/c1-11(16)15(19)18(2)8-9-20-13-5-6-14-12(10-13)4-3-7-17-14/h3-7,10-11H,8-9,16H2,1-2H3. The Morgan fingerprint density at radius 2 is 2.25 bits per heavy atom. The third kappa shape index (κ3) is 3.45. The molecule has 0 aliphatic rings. The van der Waals surface area contributed by atoms with Crippen LogP contribution >= 0.6 is 0 Å². The second kappa shape index (κ2) is 6.34. The summed E-state index contributed by atoms with van der Waals surface area (Å²) in [5, 5.41) is 1.03. The zero-order valence-corrected chi connectivity index (χ0v) is 11.7. The van der Waals surface area contributed by atoms with Gasteiger partial charge in [-0.05, 0) is 31.2 Å². The van der Waals surface area contributed by atoms with Gasteiger partial charge >= 0.3 is 0 Å². The minimum Gasteiger partial charge on any atom is -0.492 e. The van der Waals surface area contributed by atoms with Crippen LogP contribution in [-0.2, 0) is 4.79 Å². The first kappa shape index (κ1) is 14.3. The fourth-order valence-corrected chi connectivity index (χ4v) is 1.90. The van der Waals surface area contributed by atoms with Crippen molar-refractivity contribution in [1.82, 2.24) is 9.88 Å². The molecule has 1 atom stereocenters. The zero-order chi connectivity index (χ0) is 14.5. The summed E-state index contributed by atoms with van der Waals surface area (Å²) in [6.07, 6.45) is 1.76. The first-order valence-corrected chi connectivity index (χ1v) is 6.56. The molecule has 20 heavy (non-hydrogen) atoms. The van der Waals surface area contributed by atoms with Crippen LogP contribution in [0.25, 0.3) is 10.9 Å². The molecule has 5 heteroatoms. The number of fused-ring (bicyclic) bond motifs is 1. The Balaban J connectivity index is 1.91. The average molecular weight is 273 g/mol. The lowest BCUT2D eigenvalue weighted by Crippen LogP contribution is -2.41. The summed E-state index contributed by atoms with van der Waals surface area (Å²) in [5.41, 5.74) is 6.48. The van der Waals surface area contributed by atoms with Crippen molar-refractivity contribution in [1.29, 1.82) is 0 Å². The summed E-state index contributed by atoms with van der Waals surface area (Å²) < 4.78 is 5.65. The highest BCUT2D eigenvalue weighted by atomic mass is 16.5. The molecule has 5 nitrogen and oxygen atoms in total. The van der Waals surface area contributed by atoms with Gasteiger partial charge in [-0.2, -0.15) is 0 Å². The summed E-state index contributed by atoms with van der Waals surface area (Å²) in [7, 11) is 1.72. The Morgan fingerprint density at radius 1 is 1.45 bits per heavy atom. The van der Waals surface area contributed by atoms with E-state index in [4.69, 9.17) is 10.5 Å². The molecule has 2 rings (SSSR count). The average Bonchev–Trinajstić information content (AvgIpc) is 2.46. The van der Waals surface area contributed by atoms with Gasteiger partial charge < -0.3 is 15.4 Å². The number of likely N-dealkylation sites (N-methyl/N-ethyl adjacent to an activating group) is 1.